The molecule has 1 saturated heterocycles. The number of methoxy groups -OCH3 is 1. The quantitative estimate of drug-likeness (QED) is 0.403. The van der Waals surface area contributed by atoms with E-state index in [-0.39, 0.29) is 0 Å². The zero-order valence-electron chi connectivity index (χ0n) is 14.6. The smallest absolute Gasteiger partial charge is 0.213 e. The number of pyridine rings is 1. The molecule has 2 rings (SSSR count). The Hall–Kier alpha value is -1.86. The van der Waals surface area contributed by atoms with E-state index >= 15 is 0 Å². The van der Waals surface area contributed by atoms with Crippen LogP contribution in [0, 0.1) is 0 Å². The minimum absolute atomic E-state index is 0.291. The Morgan fingerprint density at radius 1 is 1.38 bits per heavy atom. The lowest BCUT2D eigenvalue weighted by Crippen LogP contribution is -2.41. The maximum absolute atomic E-state index is 5.62. The molecule has 7 heteroatoms. The molecule has 0 amide bonds. The largest absolute Gasteiger partial charge is 0.475 e. The number of aromatic nitrogens is 1. The zero-order valence-corrected chi connectivity index (χ0v) is 14.6. The third-order valence-electron chi connectivity index (χ3n) is 3.62. The number of rotatable bonds is 9. The highest BCUT2D eigenvalue weighted by Crippen LogP contribution is 2.11. The van der Waals surface area contributed by atoms with Gasteiger partial charge in [-0.15, -0.1) is 0 Å². The first-order valence-electron chi connectivity index (χ1n) is 8.52. The molecule has 1 fully saturated rings. The molecule has 1 aliphatic rings. The van der Waals surface area contributed by atoms with Crippen LogP contribution in [0.2, 0.25) is 0 Å². The molecule has 1 aromatic rings. The Morgan fingerprint density at radius 3 is 2.96 bits per heavy atom. The van der Waals surface area contributed by atoms with Crippen molar-refractivity contribution in [3.05, 3.63) is 23.9 Å². The molecular formula is C17H28N4O3. The summed E-state index contributed by atoms with van der Waals surface area (Å²) < 4.78 is 16.0. The fourth-order valence-corrected chi connectivity index (χ4v) is 2.35. The molecule has 0 bridgehead atoms. The van der Waals surface area contributed by atoms with E-state index in [1.807, 2.05) is 12.1 Å². The van der Waals surface area contributed by atoms with Gasteiger partial charge >= 0.3 is 0 Å². The van der Waals surface area contributed by atoms with Gasteiger partial charge in [0.05, 0.1) is 19.3 Å². The van der Waals surface area contributed by atoms with E-state index < -0.39 is 0 Å². The molecule has 2 heterocycles. The molecule has 0 aliphatic carbocycles. The van der Waals surface area contributed by atoms with Gasteiger partial charge in [0.25, 0.3) is 0 Å². The molecule has 7 nitrogen and oxygen atoms in total. The number of guanidine groups is 1. The summed E-state index contributed by atoms with van der Waals surface area (Å²) in [6.07, 6.45) is 4.33. The Morgan fingerprint density at radius 2 is 2.29 bits per heavy atom. The number of nitrogens with one attached hydrogen (secondary N) is 2. The van der Waals surface area contributed by atoms with Crippen LogP contribution in [-0.2, 0) is 16.0 Å². The molecule has 1 aromatic heterocycles. The van der Waals surface area contributed by atoms with Gasteiger partial charge in [-0.3, -0.25) is 0 Å². The van der Waals surface area contributed by atoms with Gasteiger partial charge in [-0.25, -0.2) is 9.98 Å². The topological polar surface area (TPSA) is 77.0 Å². The maximum Gasteiger partial charge on any atom is 0.213 e. The van der Waals surface area contributed by atoms with Crippen LogP contribution in [0.25, 0.3) is 0 Å². The minimum atomic E-state index is 0.291. The van der Waals surface area contributed by atoms with Gasteiger partial charge in [0.1, 0.15) is 6.61 Å². The molecule has 2 N–H and O–H groups in total. The van der Waals surface area contributed by atoms with Gasteiger partial charge in [0, 0.05) is 39.1 Å². The first kappa shape index (κ1) is 18.5. The van der Waals surface area contributed by atoms with Crippen molar-refractivity contribution in [2.45, 2.75) is 32.4 Å². The Balaban J connectivity index is 1.80. The van der Waals surface area contributed by atoms with Crippen LogP contribution < -0.4 is 15.4 Å². The molecule has 0 aromatic carbocycles. The van der Waals surface area contributed by atoms with Crippen molar-refractivity contribution in [3.63, 3.8) is 0 Å². The highest BCUT2D eigenvalue weighted by molar-refractivity contribution is 5.79. The third-order valence-corrected chi connectivity index (χ3v) is 3.62. The van der Waals surface area contributed by atoms with Crippen LogP contribution >= 0.6 is 0 Å². The molecule has 1 aliphatic heterocycles. The van der Waals surface area contributed by atoms with Gasteiger partial charge in [0.15, 0.2) is 5.96 Å². The number of hydrogen-bond acceptors (Lipinski definition) is 5. The maximum atomic E-state index is 5.62. The fraction of sp³-hybridized carbons (Fsp3) is 0.647. The number of aliphatic imine (C=N–C) groups is 1. The highest BCUT2D eigenvalue weighted by Gasteiger charge is 2.15. The third kappa shape index (κ3) is 6.72. The SMILES string of the molecule is CCNC(=NCc1ccc(OCCOC)nc1)NCC1CCCO1. The lowest BCUT2D eigenvalue weighted by Gasteiger charge is -2.14. The minimum Gasteiger partial charge on any atom is -0.475 e. The lowest BCUT2D eigenvalue weighted by molar-refractivity contribution is 0.114. The predicted molar refractivity (Wildman–Crippen MR) is 93.4 cm³/mol. The van der Waals surface area contributed by atoms with Crippen molar-refractivity contribution < 1.29 is 14.2 Å². The average Bonchev–Trinajstić information content (AvgIpc) is 3.12. The number of nitrogens with zero attached hydrogens (tertiary/aromatic N) is 2. The molecule has 134 valence electrons. The Labute approximate surface area is 143 Å². The van der Waals surface area contributed by atoms with Crippen LogP contribution in [0.4, 0.5) is 0 Å². The molecule has 0 spiro atoms. The summed E-state index contributed by atoms with van der Waals surface area (Å²) >= 11 is 0. The predicted octanol–water partition coefficient (Wildman–Crippen LogP) is 1.34. The number of ether oxygens (including phenoxy) is 3. The molecule has 1 atom stereocenters. The van der Waals surface area contributed by atoms with Crippen LogP contribution in [0.15, 0.2) is 23.3 Å². The van der Waals surface area contributed by atoms with Gasteiger partial charge in [-0.1, -0.05) is 6.07 Å². The normalized spacial score (nSPS) is 17.8. The second-order valence-electron chi connectivity index (χ2n) is 5.56. The van der Waals surface area contributed by atoms with Gasteiger partial charge in [0.2, 0.25) is 5.88 Å². The Kier molecular flexibility index (Phi) is 8.34. The standard InChI is InChI=1S/C17H28N4O3/c1-3-18-17(21-13-15-5-4-8-23-15)20-12-14-6-7-16(19-11-14)24-10-9-22-2/h6-7,11,15H,3-5,8-10,12-13H2,1-2H3,(H2,18,20,21). The zero-order chi connectivity index (χ0) is 17.0. The first-order chi connectivity index (χ1) is 11.8. The van der Waals surface area contributed by atoms with E-state index in [2.05, 4.69) is 27.5 Å². The van der Waals surface area contributed by atoms with Crippen LogP contribution in [-0.4, -0.2) is 57.1 Å². The summed E-state index contributed by atoms with van der Waals surface area (Å²) in [5, 5.41) is 6.58. The van der Waals surface area contributed by atoms with Crippen molar-refractivity contribution >= 4 is 5.96 Å². The number of hydrogen-bond donors (Lipinski definition) is 2. The average molecular weight is 336 g/mol. The van der Waals surface area contributed by atoms with Gasteiger partial charge < -0.3 is 24.8 Å². The van der Waals surface area contributed by atoms with Gasteiger partial charge in [-0.2, -0.15) is 0 Å². The summed E-state index contributed by atoms with van der Waals surface area (Å²) in [4.78, 5) is 8.86. The summed E-state index contributed by atoms with van der Waals surface area (Å²) in [6.45, 7) is 6.14. The van der Waals surface area contributed by atoms with E-state index in [9.17, 15) is 0 Å². The van der Waals surface area contributed by atoms with Crippen molar-refractivity contribution in [1.29, 1.82) is 0 Å². The highest BCUT2D eigenvalue weighted by atomic mass is 16.5. The second-order valence-corrected chi connectivity index (χ2v) is 5.56. The molecular weight excluding hydrogens is 308 g/mol. The molecule has 24 heavy (non-hydrogen) atoms. The van der Waals surface area contributed by atoms with Crippen molar-refractivity contribution in [2.24, 2.45) is 4.99 Å². The summed E-state index contributed by atoms with van der Waals surface area (Å²) in [7, 11) is 1.65. The molecule has 0 radical (unpaired) electrons. The van der Waals surface area contributed by atoms with Crippen molar-refractivity contribution in [2.75, 3.05) is 40.0 Å². The summed E-state index contributed by atoms with van der Waals surface area (Å²) in [5.41, 5.74) is 1.03. The van der Waals surface area contributed by atoms with Crippen molar-refractivity contribution in [3.8, 4) is 5.88 Å². The van der Waals surface area contributed by atoms with E-state index in [0.717, 1.165) is 44.1 Å². The van der Waals surface area contributed by atoms with E-state index in [4.69, 9.17) is 14.2 Å². The van der Waals surface area contributed by atoms with Crippen molar-refractivity contribution in [1.82, 2.24) is 15.6 Å². The fourth-order valence-electron chi connectivity index (χ4n) is 2.35. The second kappa shape index (κ2) is 10.8. The molecule has 1 unspecified atom stereocenters. The summed E-state index contributed by atoms with van der Waals surface area (Å²) in [5.74, 6) is 1.40. The first-order valence-corrected chi connectivity index (χ1v) is 8.52. The Bertz CT molecular complexity index is 487. The molecule has 0 saturated carbocycles. The monoisotopic (exact) mass is 336 g/mol. The van der Waals surface area contributed by atoms with Crippen LogP contribution in [0.5, 0.6) is 5.88 Å². The lowest BCUT2D eigenvalue weighted by atomic mass is 10.2. The van der Waals surface area contributed by atoms with E-state index in [1.165, 1.54) is 0 Å². The van der Waals surface area contributed by atoms with Crippen LogP contribution in [0.1, 0.15) is 25.3 Å². The van der Waals surface area contributed by atoms with Crippen LogP contribution in [0.3, 0.4) is 0 Å². The van der Waals surface area contributed by atoms with Gasteiger partial charge in [-0.05, 0) is 25.3 Å². The van der Waals surface area contributed by atoms with E-state index in [0.29, 0.717) is 31.7 Å². The summed E-state index contributed by atoms with van der Waals surface area (Å²) in [6, 6.07) is 3.83. The van der Waals surface area contributed by atoms with E-state index in [1.54, 1.807) is 13.3 Å².